The van der Waals surface area contributed by atoms with E-state index in [1.807, 2.05) is 13.2 Å². The van der Waals surface area contributed by atoms with Crippen LogP contribution in [0.4, 0.5) is 0 Å². The molecule has 5 heteroatoms. The van der Waals surface area contributed by atoms with E-state index in [9.17, 15) is 0 Å². The fraction of sp³-hybridized carbons (Fsp3) is 0.231. The maximum absolute atomic E-state index is 8.80. The third kappa shape index (κ3) is 2.61. The molecule has 0 aliphatic rings. The summed E-state index contributed by atoms with van der Waals surface area (Å²) in [4.78, 5) is 0. The molecule has 1 heterocycles. The van der Waals surface area contributed by atoms with Crippen LogP contribution in [0, 0.1) is 11.3 Å². The molecule has 0 aliphatic carbocycles. The van der Waals surface area contributed by atoms with Crippen molar-refractivity contribution in [3.8, 4) is 17.6 Å². The zero-order valence-electron chi connectivity index (χ0n) is 10.3. The Kier molecular flexibility index (Phi) is 3.49. The average molecular weight is 243 g/mol. The van der Waals surface area contributed by atoms with E-state index in [1.165, 1.54) is 0 Å². The van der Waals surface area contributed by atoms with E-state index in [0.29, 0.717) is 23.7 Å². The van der Waals surface area contributed by atoms with Gasteiger partial charge in [-0.2, -0.15) is 10.4 Å². The standard InChI is InChI=1S/C13H13N3O2/c1-16-8-11(7-15-16)9-18-12-4-3-10(6-14)5-13(12)17-2/h3-5,7-8H,9H2,1-2H3. The quantitative estimate of drug-likeness (QED) is 0.822. The van der Waals surface area contributed by atoms with Crippen LogP contribution in [0.25, 0.3) is 0 Å². The Morgan fingerprint density at radius 2 is 2.22 bits per heavy atom. The summed E-state index contributed by atoms with van der Waals surface area (Å²) in [6, 6.07) is 7.13. The molecule has 0 aliphatic heterocycles. The summed E-state index contributed by atoms with van der Waals surface area (Å²) in [6.07, 6.45) is 3.63. The topological polar surface area (TPSA) is 60.1 Å². The zero-order chi connectivity index (χ0) is 13.0. The third-order valence-corrected chi connectivity index (χ3v) is 2.45. The highest BCUT2D eigenvalue weighted by Gasteiger charge is 2.06. The summed E-state index contributed by atoms with van der Waals surface area (Å²) in [5, 5.41) is 12.9. The summed E-state index contributed by atoms with van der Waals surface area (Å²) in [5.41, 5.74) is 1.52. The Labute approximate surface area is 105 Å². The largest absolute Gasteiger partial charge is 0.493 e. The van der Waals surface area contributed by atoms with Crippen molar-refractivity contribution in [2.75, 3.05) is 7.11 Å². The number of benzene rings is 1. The van der Waals surface area contributed by atoms with Crippen LogP contribution in [0.5, 0.6) is 11.5 Å². The van der Waals surface area contributed by atoms with Crippen LogP contribution in [0.3, 0.4) is 0 Å². The van der Waals surface area contributed by atoms with Gasteiger partial charge in [0.15, 0.2) is 11.5 Å². The predicted octanol–water partition coefficient (Wildman–Crippen LogP) is 1.88. The molecule has 1 aromatic heterocycles. The molecule has 1 aromatic carbocycles. The van der Waals surface area contributed by atoms with E-state index in [0.717, 1.165) is 5.56 Å². The van der Waals surface area contributed by atoms with Crippen LogP contribution in [0.2, 0.25) is 0 Å². The van der Waals surface area contributed by atoms with Gasteiger partial charge in [-0.3, -0.25) is 4.68 Å². The summed E-state index contributed by atoms with van der Waals surface area (Å²) in [5.74, 6) is 1.17. The molecular weight excluding hydrogens is 230 g/mol. The molecule has 92 valence electrons. The molecule has 0 fully saturated rings. The Bertz CT molecular complexity index is 584. The molecule has 0 unspecified atom stereocenters. The van der Waals surface area contributed by atoms with Crippen molar-refractivity contribution in [3.05, 3.63) is 41.7 Å². The first-order chi connectivity index (χ1) is 8.72. The van der Waals surface area contributed by atoms with Gasteiger partial charge in [-0.25, -0.2) is 0 Å². The van der Waals surface area contributed by atoms with Gasteiger partial charge in [0.25, 0.3) is 0 Å². The van der Waals surface area contributed by atoms with E-state index in [4.69, 9.17) is 14.7 Å². The van der Waals surface area contributed by atoms with E-state index in [2.05, 4.69) is 11.2 Å². The molecule has 2 rings (SSSR count). The van der Waals surface area contributed by atoms with Crippen LogP contribution >= 0.6 is 0 Å². The minimum Gasteiger partial charge on any atom is -0.493 e. The maximum Gasteiger partial charge on any atom is 0.162 e. The van der Waals surface area contributed by atoms with Crippen LogP contribution in [0.1, 0.15) is 11.1 Å². The molecular formula is C13H13N3O2. The van der Waals surface area contributed by atoms with E-state index in [-0.39, 0.29) is 0 Å². The highest BCUT2D eigenvalue weighted by molar-refractivity contribution is 5.46. The SMILES string of the molecule is COc1cc(C#N)ccc1OCc1cnn(C)c1. The molecule has 0 atom stereocenters. The zero-order valence-corrected chi connectivity index (χ0v) is 10.3. The highest BCUT2D eigenvalue weighted by atomic mass is 16.5. The van der Waals surface area contributed by atoms with Gasteiger partial charge in [-0.1, -0.05) is 0 Å². The van der Waals surface area contributed by atoms with Gasteiger partial charge in [0, 0.05) is 24.9 Å². The van der Waals surface area contributed by atoms with Crippen molar-refractivity contribution in [1.29, 1.82) is 5.26 Å². The molecule has 18 heavy (non-hydrogen) atoms. The van der Waals surface area contributed by atoms with Crippen molar-refractivity contribution in [2.24, 2.45) is 7.05 Å². The molecule has 0 saturated carbocycles. The lowest BCUT2D eigenvalue weighted by Crippen LogP contribution is -1.97. The lowest BCUT2D eigenvalue weighted by molar-refractivity contribution is 0.284. The lowest BCUT2D eigenvalue weighted by Gasteiger charge is -2.09. The third-order valence-electron chi connectivity index (χ3n) is 2.45. The normalized spacial score (nSPS) is 9.83. The number of ether oxygens (including phenoxy) is 2. The molecule has 0 saturated heterocycles. The molecule has 0 bridgehead atoms. The number of rotatable bonds is 4. The van der Waals surface area contributed by atoms with Crippen LogP contribution < -0.4 is 9.47 Å². The van der Waals surface area contributed by atoms with E-state index < -0.39 is 0 Å². The number of hydrogen-bond acceptors (Lipinski definition) is 4. The first kappa shape index (κ1) is 12.0. The molecule has 0 amide bonds. The minimum absolute atomic E-state index is 0.413. The van der Waals surface area contributed by atoms with Crippen molar-refractivity contribution >= 4 is 0 Å². The fourth-order valence-electron chi connectivity index (χ4n) is 1.56. The lowest BCUT2D eigenvalue weighted by atomic mass is 10.2. The fourth-order valence-corrected chi connectivity index (χ4v) is 1.56. The monoisotopic (exact) mass is 243 g/mol. The number of methoxy groups -OCH3 is 1. The van der Waals surface area contributed by atoms with Gasteiger partial charge in [0.1, 0.15) is 6.61 Å². The van der Waals surface area contributed by atoms with Gasteiger partial charge in [-0.05, 0) is 12.1 Å². The predicted molar refractivity (Wildman–Crippen MR) is 65.2 cm³/mol. The second-order valence-electron chi connectivity index (χ2n) is 3.79. The van der Waals surface area contributed by atoms with Gasteiger partial charge >= 0.3 is 0 Å². The Balaban J connectivity index is 2.12. The number of aryl methyl sites for hydroxylation is 1. The highest BCUT2D eigenvalue weighted by Crippen LogP contribution is 2.28. The van der Waals surface area contributed by atoms with Crippen LogP contribution in [-0.2, 0) is 13.7 Å². The number of nitrogens with zero attached hydrogens (tertiary/aromatic N) is 3. The van der Waals surface area contributed by atoms with Crippen molar-refractivity contribution in [3.63, 3.8) is 0 Å². The Morgan fingerprint density at radius 3 is 2.83 bits per heavy atom. The van der Waals surface area contributed by atoms with Gasteiger partial charge in [0.05, 0.1) is 24.9 Å². The average Bonchev–Trinajstić information content (AvgIpc) is 2.82. The second kappa shape index (κ2) is 5.23. The summed E-state index contributed by atoms with van der Waals surface area (Å²) in [7, 11) is 3.40. The molecule has 0 radical (unpaired) electrons. The van der Waals surface area contributed by atoms with Crippen LogP contribution in [0.15, 0.2) is 30.6 Å². The minimum atomic E-state index is 0.413. The molecule has 0 spiro atoms. The molecule has 2 aromatic rings. The van der Waals surface area contributed by atoms with Crippen molar-refractivity contribution in [1.82, 2.24) is 9.78 Å². The van der Waals surface area contributed by atoms with Crippen molar-refractivity contribution in [2.45, 2.75) is 6.61 Å². The van der Waals surface area contributed by atoms with Gasteiger partial charge in [0.2, 0.25) is 0 Å². The van der Waals surface area contributed by atoms with Gasteiger partial charge < -0.3 is 9.47 Å². The van der Waals surface area contributed by atoms with E-state index in [1.54, 1.807) is 36.2 Å². The number of hydrogen-bond donors (Lipinski definition) is 0. The number of aromatic nitrogens is 2. The smallest absolute Gasteiger partial charge is 0.162 e. The Hall–Kier alpha value is -2.48. The first-order valence-corrected chi connectivity index (χ1v) is 5.41. The number of nitriles is 1. The Morgan fingerprint density at radius 1 is 1.39 bits per heavy atom. The second-order valence-corrected chi connectivity index (χ2v) is 3.79. The summed E-state index contributed by atoms with van der Waals surface area (Å²) < 4.78 is 12.5. The first-order valence-electron chi connectivity index (χ1n) is 5.41. The summed E-state index contributed by atoms with van der Waals surface area (Å²) in [6.45, 7) is 0.413. The summed E-state index contributed by atoms with van der Waals surface area (Å²) >= 11 is 0. The van der Waals surface area contributed by atoms with Crippen LogP contribution in [-0.4, -0.2) is 16.9 Å². The molecule has 0 N–H and O–H groups in total. The van der Waals surface area contributed by atoms with Gasteiger partial charge in [-0.15, -0.1) is 0 Å². The van der Waals surface area contributed by atoms with E-state index >= 15 is 0 Å². The molecule has 5 nitrogen and oxygen atoms in total. The maximum atomic E-state index is 8.80. The van der Waals surface area contributed by atoms with Crippen molar-refractivity contribution < 1.29 is 9.47 Å².